The summed E-state index contributed by atoms with van der Waals surface area (Å²) in [7, 11) is 0. The van der Waals surface area contributed by atoms with Crippen molar-refractivity contribution in [3.8, 4) is 22.5 Å². The molecular formula is C67H68N2. The molecule has 1 aliphatic carbocycles. The highest BCUT2D eigenvalue weighted by Gasteiger charge is 2.15. The van der Waals surface area contributed by atoms with Crippen LogP contribution >= 0.6 is 0 Å². The molecule has 9 aromatic rings. The molecule has 0 saturated carbocycles. The third-order valence-electron chi connectivity index (χ3n) is 11.9. The number of nitrogens with zero attached hydrogens (tertiary/aromatic N) is 2. The largest absolute Gasteiger partial charge is 0.309 e. The molecule has 0 unspecified atom stereocenters. The van der Waals surface area contributed by atoms with E-state index in [0.29, 0.717) is 0 Å². The fourth-order valence-electron chi connectivity index (χ4n) is 8.28. The van der Waals surface area contributed by atoms with Crippen molar-refractivity contribution in [1.29, 1.82) is 0 Å². The first kappa shape index (κ1) is 50.5. The quantitative estimate of drug-likeness (QED) is 0.141. The molecule has 0 aliphatic heterocycles. The van der Waals surface area contributed by atoms with E-state index in [-0.39, 0.29) is 0 Å². The van der Waals surface area contributed by atoms with Gasteiger partial charge in [-0.3, -0.25) is 0 Å². The molecule has 0 fully saturated rings. The van der Waals surface area contributed by atoms with E-state index in [1.165, 1.54) is 95.8 Å². The van der Waals surface area contributed by atoms with E-state index in [4.69, 9.17) is 0 Å². The lowest BCUT2D eigenvalue weighted by atomic mass is 10.0. The van der Waals surface area contributed by atoms with Crippen LogP contribution in [0.1, 0.15) is 67.1 Å². The van der Waals surface area contributed by atoms with Crippen molar-refractivity contribution in [2.24, 2.45) is 0 Å². The normalized spacial score (nSPS) is 11.8. The first-order valence-corrected chi connectivity index (χ1v) is 24.0. The van der Waals surface area contributed by atoms with Crippen LogP contribution in [0.15, 0.2) is 243 Å². The SMILES string of the molecule is C=C/C=C(/C)C=C.C=Cc1c(/C=C\C)c2cc(C)ccc2n1-c1ccccc1.CC1=CCCC=C1.Cc1ccc(-c2ccc(C)cc2)cc1.Cc1ccc2c(c1)c1ccccc1n2-c1ccccc1. The van der Waals surface area contributed by atoms with Crippen LogP contribution in [0.2, 0.25) is 0 Å². The van der Waals surface area contributed by atoms with E-state index < -0.39 is 0 Å². The number of aromatic nitrogens is 2. The van der Waals surface area contributed by atoms with Crippen molar-refractivity contribution in [2.75, 3.05) is 0 Å². The Morgan fingerprint density at radius 1 is 0.507 bits per heavy atom. The minimum Gasteiger partial charge on any atom is -0.309 e. The van der Waals surface area contributed by atoms with Crippen molar-refractivity contribution in [1.82, 2.24) is 9.13 Å². The topological polar surface area (TPSA) is 9.86 Å². The van der Waals surface area contributed by atoms with E-state index >= 15 is 0 Å². The van der Waals surface area contributed by atoms with Crippen LogP contribution in [0.25, 0.3) is 67.4 Å². The van der Waals surface area contributed by atoms with Crippen LogP contribution in [0.4, 0.5) is 0 Å². The molecule has 0 saturated heterocycles. The fraction of sp³-hybridized carbons (Fsp3) is 0.134. The molecule has 69 heavy (non-hydrogen) atoms. The van der Waals surface area contributed by atoms with E-state index in [1.54, 1.807) is 12.2 Å². The zero-order valence-electron chi connectivity index (χ0n) is 41.8. The summed E-state index contributed by atoms with van der Waals surface area (Å²) in [6.45, 7) is 25.8. The van der Waals surface area contributed by atoms with Gasteiger partial charge in [-0.2, -0.15) is 0 Å². The number of aryl methyl sites for hydroxylation is 4. The van der Waals surface area contributed by atoms with Gasteiger partial charge >= 0.3 is 0 Å². The summed E-state index contributed by atoms with van der Waals surface area (Å²) in [5.41, 5.74) is 18.8. The second-order valence-electron chi connectivity index (χ2n) is 17.4. The third kappa shape index (κ3) is 13.4. The first-order valence-electron chi connectivity index (χ1n) is 24.0. The predicted molar refractivity (Wildman–Crippen MR) is 306 cm³/mol. The Balaban J connectivity index is 0.000000151. The van der Waals surface area contributed by atoms with Crippen molar-refractivity contribution in [3.05, 3.63) is 277 Å². The van der Waals surface area contributed by atoms with Gasteiger partial charge in [-0.1, -0.05) is 217 Å². The third-order valence-corrected chi connectivity index (χ3v) is 11.9. The molecule has 2 nitrogen and oxygen atoms in total. The zero-order valence-corrected chi connectivity index (χ0v) is 41.8. The molecule has 10 rings (SSSR count). The minimum atomic E-state index is 1.14. The highest BCUT2D eigenvalue weighted by Crippen LogP contribution is 2.34. The van der Waals surface area contributed by atoms with E-state index in [0.717, 1.165) is 17.0 Å². The van der Waals surface area contributed by atoms with E-state index in [2.05, 4.69) is 258 Å². The van der Waals surface area contributed by atoms with Crippen LogP contribution in [-0.4, -0.2) is 9.13 Å². The Bertz CT molecular complexity index is 3190. The zero-order chi connectivity index (χ0) is 49.1. The molecule has 0 radical (unpaired) electrons. The van der Waals surface area contributed by atoms with Crippen LogP contribution in [0.3, 0.4) is 0 Å². The van der Waals surface area contributed by atoms with E-state index in [1.807, 2.05) is 32.1 Å². The van der Waals surface area contributed by atoms with E-state index in [9.17, 15) is 0 Å². The maximum atomic E-state index is 4.02. The Morgan fingerprint density at radius 2 is 1.00 bits per heavy atom. The lowest BCUT2D eigenvalue weighted by Crippen LogP contribution is -1.96. The van der Waals surface area contributed by atoms with Gasteiger partial charge in [0, 0.05) is 33.1 Å². The van der Waals surface area contributed by atoms with Gasteiger partial charge in [0.05, 0.1) is 22.2 Å². The summed E-state index contributed by atoms with van der Waals surface area (Å²) in [5.74, 6) is 0. The van der Waals surface area contributed by atoms with Crippen molar-refractivity contribution in [2.45, 2.75) is 61.3 Å². The Kier molecular flexibility index (Phi) is 18.5. The van der Waals surface area contributed by atoms with Gasteiger partial charge in [-0.15, -0.1) is 0 Å². The summed E-state index contributed by atoms with van der Waals surface area (Å²) in [5, 5.41) is 3.91. The van der Waals surface area contributed by atoms with Crippen LogP contribution in [-0.2, 0) is 0 Å². The summed E-state index contributed by atoms with van der Waals surface area (Å²) in [6.07, 6.45) is 20.8. The number of benzene rings is 7. The van der Waals surface area contributed by atoms with Gasteiger partial charge in [-0.25, -0.2) is 0 Å². The smallest absolute Gasteiger partial charge is 0.0541 e. The summed E-state index contributed by atoms with van der Waals surface area (Å²) in [4.78, 5) is 0. The van der Waals surface area contributed by atoms with Gasteiger partial charge in [-0.05, 0) is 133 Å². The number of para-hydroxylation sites is 3. The molecule has 0 amide bonds. The van der Waals surface area contributed by atoms with Gasteiger partial charge < -0.3 is 9.13 Å². The average molecular weight is 901 g/mol. The molecular weight excluding hydrogens is 833 g/mol. The van der Waals surface area contributed by atoms with Gasteiger partial charge in [0.25, 0.3) is 0 Å². The standard InChI is InChI=1S/C20H19N.C19H15N.C14H14.2C7H10/c1-4-9-17-18-14-15(3)12-13-20(18)21(19(17)5-2)16-10-7-6-8-11-16;1-14-11-12-19-17(13-14)16-9-5-6-10-18(16)20(19)15-7-3-2-4-8-15;1-11-3-7-13(8-4-11)14-9-5-12(2)6-10-14;1-7-5-3-2-4-6-7;1-4-6-7(3)5-2/h4-14H,2H2,1,3H3;2-13H,1H3;3-10H,1-2H3;3,5-6H,2,4H2,1H3;4-6H,1-2H2,3H3/b9-4-;;;;7-6-. The summed E-state index contributed by atoms with van der Waals surface area (Å²) >= 11 is 0. The lowest BCUT2D eigenvalue weighted by Gasteiger charge is -2.08. The molecule has 346 valence electrons. The fourth-order valence-corrected chi connectivity index (χ4v) is 8.28. The van der Waals surface area contributed by atoms with Crippen molar-refractivity contribution >= 4 is 44.9 Å². The highest BCUT2D eigenvalue weighted by atomic mass is 15.0. The average Bonchev–Trinajstić information content (AvgIpc) is 3.87. The number of hydrogen-bond acceptors (Lipinski definition) is 0. The highest BCUT2D eigenvalue weighted by molar-refractivity contribution is 6.09. The van der Waals surface area contributed by atoms with Gasteiger partial charge in [0.1, 0.15) is 0 Å². The summed E-state index contributed by atoms with van der Waals surface area (Å²) in [6, 6.07) is 60.1. The summed E-state index contributed by atoms with van der Waals surface area (Å²) < 4.78 is 4.61. The lowest BCUT2D eigenvalue weighted by molar-refractivity contribution is 1.02. The molecule has 2 aromatic heterocycles. The number of rotatable bonds is 7. The molecule has 2 heteroatoms. The van der Waals surface area contributed by atoms with Crippen LogP contribution < -0.4 is 0 Å². The monoisotopic (exact) mass is 901 g/mol. The molecule has 0 atom stereocenters. The maximum absolute atomic E-state index is 4.02. The Morgan fingerprint density at radius 3 is 1.46 bits per heavy atom. The Labute approximate surface area is 412 Å². The predicted octanol–water partition coefficient (Wildman–Crippen LogP) is 19.3. The van der Waals surface area contributed by atoms with Crippen LogP contribution in [0, 0.1) is 27.7 Å². The molecule has 0 N–H and O–H groups in total. The van der Waals surface area contributed by atoms with Crippen molar-refractivity contribution < 1.29 is 0 Å². The molecule has 2 heterocycles. The van der Waals surface area contributed by atoms with Gasteiger partial charge in [0.15, 0.2) is 0 Å². The maximum Gasteiger partial charge on any atom is 0.0541 e. The van der Waals surface area contributed by atoms with Crippen LogP contribution in [0.5, 0.6) is 0 Å². The molecule has 0 bridgehead atoms. The van der Waals surface area contributed by atoms with Crippen molar-refractivity contribution in [3.63, 3.8) is 0 Å². The second kappa shape index (κ2) is 25.3. The number of fused-ring (bicyclic) bond motifs is 4. The second-order valence-corrected chi connectivity index (χ2v) is 17.4. The number of allylic oxidation sites excluding steroid dienone is 9. The first-order chi connectivity index (χ1) is 33.6. The molecule has 7 aromatic carbocycles. The molecule has 1 aliphatic rings. The van der Waals surface area contributed by atoms with Gasteiger partial charge in [0.2, 0.25) is 0 Å². The molecule has 0 spiro atoms. The number of hydrogen-bond donors (Lipinski definition) is 0. The minimum absolute atomic E-state index is 1.14. The Hall–Kier alpha value is -7.94.